The highest BCUT2D eigenvalue weighted by Gasteiger charge is 2.32. The van der Waals surface area contributed by atoms with Crippen LogP contribution in [-0.4, -0.2) is 60.9 Å². The number of nitrogens with zero attached hydrogens (tertiary/aromatic N) is 5. The molecule has 1 atom stereocenters. The van der Waals surface area contributed by atoms with Crippen molar-refractivity contribution in [1.82, 2.24) is 24.6 Å². The van der Waals surface area contributed by atoms with Crippen LogP contribution in [0.15, 0.2) is 42.7 Å². The number of hydrogen-bond acceptors (Lipinski definition) is 6. The molecule has 0 spiro atoms. The van der Waals surface area contributed by atoms with Gasteiger partial charge in [-0.05, 0) is 38.2 Å². The van der Waals surface area contributed by atoms with Crippen molar-refractivity contribution >= 4 is 22.8 Å². The second-order valence-corrected chi connectivity index (χ2v) is 8.27. The molecule has 2 aliphatic rings. The van der Waals surface area contributed by atoms with Gasteiger partial charge < -0.3 is 15.3 Å². The Hall–Kier alpha value is -3.00. The Morgan fingerprint density at radius 3 is 2.73 bits per heavy atom. The fraction of sp³-hybridized carbons (Fsp3) is 0.455. The van der Waals surface area contributed by atoms with E-state index in [4.69, 9.17) is 0 Å². The molecule has 1 amide bonds. The molecule has 3 aromatic rings. The van der Waals surface area contributed by atoms with E-state index >= 15 is 0 Å². The third-order valence-corrected chi connectivity index (χ3v) is 6.22. The first kappa shape index (κ1) is 19.0. The first-order valence-electron chi connectivity index (χ1n) is 10.7. The molecular formula is C22H26N6O2. The summed E-state index contributed by atoms with van der Waals surface area (Å²) in [5.74, 6) is 1.58. The minimum Gasteiger partial charge on any atom is -0.391 e. The van der Waals surface area contributed by atoms with Crippen molar-refractivity contribution in [2.24, 2.45) is 5.92 Å². The van der Waals surface area contributed by atoms with Crippen molar-refractivity contribution in [2.45, 2.75) is 44.2 Å². The van der Waals surface area contributed by atoms with E-state index in [9.17, 15) is 9.90 Å². The number of fused-ring (bicyclic) bond motifs is 1. The average Bonchev–Trinajstić information content (AvgIpc) is 3.40. The highest BCUT2D eigenvalue weighted by Crippen LogP contribution is 2.29. The van der Waals surface area contributed by atoms with Crippen LogP contribution in [0.2, 0.25) is 0 Å². The standard InChI is InChI=1S/C22H26N6O2/c29-18-10-12-27(14-18)21(30)15-5-7-17(8-6-15)25-22-23-11-9-20(26-22)28-19-4-2-1-3-16(19)13-24-28/h1-4,9,11,13,15,17-18,29H,5-8,10,12,14H2,(H,23,25,26)/t15-,17-,18-/m0/s1. The lowest BCUT2D eigenvalue weighted by Gasteiger charge is -2.30. The number of carbonyl (C=O) groups is 1. The van der Waals surface area contributed by atoms with Gasteiger partial charge in [-0.2, -0.15) is 10.1 Å². The van der Waals surface area contributed by atoms with Crippen molar-refractivity contribution in [2.75, 3.05) is 18.4 Å². The first-order chi connectivity index (χ1) is 14.7. The summed E-state index contributed by atoms with van der Waals surface area (Å²) in [4.78, 5) is 23.5. The number of nitrogens with one attached hydrogen (secondary N) is 1. The van der Waals surface area contributed by atoms with Crippen LogP contribution in [0.1, 0.15) is 32.1 Å². The molecule has 30 heavy (non-hydrogen) atoms. The molecule has 0 bridgehead atoms. The minimum absolute atomic E-state index is 0.0658. The molecule has 2 fully saturated rings. The fourth-order valence-electron chi connectivity index (χ4n) is 4.56. The van der Waals surface area contributed by atoms with Crippen LogP contribution in [0.25, 0.3) is 16.7 Å². The van der Waals surface area contributed by atoms with Gasteiger partial charge in [-0.1, -0.05) is 18.2 Å². The maximum absolute atomic E-state index is 12.7. The second kappa shape index (κ2) is 8.02. The molecule has 1 aliphatic carbocycles. The summed E-state index contributed by atoms with van der Waals surface area (Å²) in [5, 5.41) is 18.7. The molecule has 0 unspecified atom stereocenters. The molecule has 5 rings (SSSR count). The number of aromatic nitrogens is 4. The van der Waals surface area contributed by atoms with E-state index in [0.717, 1.165) is 42.4 Å². The highest BCUT2D eigenvalue weighted by molar-refractivity contribution is 5.80. The Kier molecular flexibility index (Phi) is 5.08. The number of aliphatic hydroxyl groups excluding tert-OH is 1. The Morgan fingerprint density at radius 2 is 1.93 bits per heavy atom. The van der Waals surface area contributed by atoms with Gasteiger partial charge in [0.15, 0.2) is 5.82 Å². The number of anilines is 1. The smallest absolute Gasteiger partial charge is 0.225 e. The molecule has 1 saturated heterocycles. The molecule has 1 aromatic carbocycles. The van der Waals surface area contributed by atoms with Gasteiger partial charge in [0.25, 0.3) is 0 Å². The lowest BCUT2D eigenvalue weighted by molar-refractivity contribution is -0.135. The van der Waals surface area contributed by atoms with Crippen molar-refractivity contribution in [3.8, 4) is 5.82 Å². The van der Waals surface area contributed by atoms with Gasteiger partial charge in [0.2, 0.25) is 11.9 Å². The maximum Gasteiger partial charge on any atom is 0.225 e. The lowest BCUT2D eigenvalue weighted by Crippen LogP contribution is -2.38. The van der Waals surface area contributed by atoms with E-state index in [1.54, 1.807) is 6.20 Å². The summed E-state index contributed by atoms with van der Waals surface area (Å²) in [6.07, 6.45) is 7.44. The Bertz CT molecular complexity index is 1040. The summed E-state index contributed by atoms with van der Waals surface area (Å²) in [6, 6.07) is 10.1. The minimum atomic E-state index is -0.358. The molecular weight excluding hydrogens is 380 g/mol. The molecule has 1 saturated carbocycles. The van der Waals surface area contributed by atoms with E-state index in [2.05, 4.69) is 20.4 Å². The highest BCUT2D eigenvalue weighted by atomic mass is 16.3. The molecule has 2 aromatic heterocycles. The molecule has 8 heteroatoms. The van der Waals surface area contributed by atoms with Crippen LogP contribution < -0.4 is 5.32 Å². The quantitative estimate of drug-likeness (QED) is 0.691. The van der Waals surface area contributed by atoms with E-state index < -0.39 is 0 Å². The van der Waals surface area contributed by atoms with E-state index in [0.29, 0.717) is 25.5 Å². The summed E-state index contributed by atoms with van der Waals surface area (Å²) >= 11 is 0. The SMILES string of the molecule is O=C([C@H]1CC[C@H](Nc2nccc(-n3ncc4ccccc43)n2)CC1)N1CC[C@H](O)C1. The van der Waals surface area contributed by atoms with Crippen LogP contribution in [0.3, 0.4) is 0 Å². The number of carbonyl (C=O) groups excluding carboxylic acids is 1. The number of hydrogen-bond donors (Lipinski definition) is 2. The summed E-state index contributed by atoms with van der Waals surface area (Å²) in [6.45, 7) is 1.17. The number of rotatable bonds is 4. The van der Waals surface area contributed by atoms with Crippen LogP contribution in [0.4, 0.5) is 5.95 Å². The summed E-state index contributed by atoms with van der Waals surface area (Å²) in [7, 11) is 0. The van der Waals surface area contributed by atoms with Gasteiger partial charge in [-0.3, -0.25) is 4.79 Å². The topological polar surface area (TPSA) is 96.2 Å². The van der Waals surface area contributed by atoms with Gasteiger partial charge in [-0.15, -0.1) is 0 Å². The van der Waals surface area contributed by atoms with E-state index in [-0.39, 0.29) is 24.0 Å². The van der Waals surface area contributed by atoms with Gasteiger partial charge >= 0.3 is 0 Å². The van der Waals surface area contributed by atoms with Crippen molar-refractivity contribution < 1.29 is 9.90 Å². The van der Waals surface area contributed by atoms with Crippen molar-refractivity contribution in [1.29, 1.82) is 0 Å². The van der Waals surface area contributed by atoms with Gasteiger partial charge in [0, 0.05) is 42.7 Å². The first-order valence-corrected chi connectivity index (χ1v) is 10.7. The zero-order chi connectivity index (χ0) is 20.5. The lowest BCUT2D eigenvalue weighted by atomic mass is 9.85. The molecule has 1 aliphatic heterocycles. The van der Waals surface area contributed by atoms with E-state index in [1.165, 1.54) is 0 Å². The van der Waals surface area contributed by atoms with E-state index in [1.807, 2.05) is 46.1 Å². The third kappa shape index (κ3) is 3.75. The number of benzene rings is 1. The van der Waals surface area contributed by atoms with Crippen molar-refractivity contribution in [3.05, 3.63) is 42.7 Å². The van der Waals surface area contributed by atoms with Gasteiger partial charge in [0.05, 0.1) is 17.8 Å². The number of amides is 1. The third-order valence-electron chi connectivity index (χ3n) is 6.22. The van der Waals surface area contributed by atoms with Crippen LogP contribution in [0.5, 0.6) is 0 Å². The summed E-state index contributed by atoms with van der Waals surface area (Å²) in [5.41, 5.74) is 1.01. The fourth-order valence-corrected chi connectivity index (χ4v) is 4.56. The second-order valence-electron chi connectivity index (χ2n) is 8.27. The normalized spacial score (nSPS) is 24.3. The predicted molar refractivity (Wildman–Crippen MR) is 113 cm³/mol. The van der Waals surface area contributed by atoms with Crippen LogP contribution in [-0.2, 0) is 4.79 Å². The Balaban J connectivity index is 1.22. The summed E-state index contributed by atoms with van der Waals surface area (Å²) < 4.78 is 1.82. The largest absolute Gasteiger partial charge is 0.391 e. The van der Waals surface area contributed by atoms with Crippen molar-refractivity contribution in [3.63, 3.8) is 0 Å². The number of β-amino-alcohol motifs (C(OH)–C–C–N with tert-alkyl or cyclic N) is 1. The Labute approximate surface area is 174 Å². The number of likely N-dealkylation sites (tertiary alicyclic amines) is 1. The Morgan fingerprint density at radius 1 is 1.10 bits per heavy atom. The molecule has 8 nitrogen and oxygen atoms in total. The van der Waals surface area contributed by atoms with Gasteiger partial charge in [-0.25, -0.2) is 9.67 Å². The van der Waals surface area contributed by atoms with Crippen LogP contribution in [0, 0.1) is 5.92 Å². The number of para-hydroxylation sites is 1. The maximum atomic E-state index is 12.7. The molecule has 0 radical (unpaired) electrons. The average molecular weight is 406 g/mol. The predicted octanol–water partition coefficient (Wildman–Crippen LogP) is 2.38. The number of aliphatic hydroxyl groups is 1. The zero-order valence-corrected chi connectivity index (χ0v) is 16.8. The zero-order valence-electron chi connectivity index (χ0n) is 16.8. The molecule has 3 heterocycles. The monoisotopic (exact) mass is 406 g/mol. The van der Waals surface area contributed by atoms with Gasteiger partial charge in [0.1, 0.15) is 0 Å². The molecule has 2 N–H and O–H groups in total. The van der Waals surface area contributed by atoms with Crippen LogP contribution >= 0.6 is 0 Å². The molecule has 156 valence electrons.